The molecule has 1 N–H and O–H groups in total. The molecule has 0 bridgehead atoms. The average molecular weight is 591 g/mol. The predicted octanol–water partition coefficient (Wildman–Crippen LogP) is 6.13. The number of hydrogen-bond acceptors (Lipinski definition) is 6. The van der Waals surface area contributed by atoms with Crippen molar-refractivity contribution in [2.45, 2.75) is 62.9 Å². The normalized spacial score (nSPS) is 16.3. The zero-order chi connectivity index (χ0) is 29.0. The Hall–Kier alpha value is -2.38. The summed E-state index contributed by atoms with van der Waals surface area (Å²) in [5.41, 5.74) is -0.186. The van der Waals surface area contributed by atoms with E-state index >= 15 is 0 Å². The molecule has 1 heterocycles. The molecule has 2 amide bonds. The minimum absolute atomic E-state index is 0.00236. The summed E-state index contributed by atoms with van der Waals surface area (Å²) in [7, 11) is 0. The summed E-state index contributed by atoms with van der Waals surface area (Å²) in [6, 6.07) is 7.76. The van der Waals surface area contributed by atoms with E-state index in [2.05, 4.69) is 5.32 Å². The van der Waals surface area contributed by atoms with Crippen LogP contribution in [0.25, 0.3) is 0 Å². The molecule has 0 fully saturated rings. The van der Waals surface area contributed by atoms with Crippen molar-refractivity contribution in [1.29, 1.82) is 0 Å². The lowest BCUT2D eigenvalue weighted by Gasteiger charge is -2.38. The average Bonchev–Trinajstić information content (AvgIpc) is 2.96. The minimum Gasteiger partial charge on any atom is -0.783 e. The fourth-order valence-corrected chi connectivity index (χ4v) is 4.93. The first-order chi connectivity index (χ1) is 18.1. The number of hydrogen-bond donors (Lipinski definition) is 1. The second-order valence-electron chi connectivity index (χ2n) is 9.95. The minimum atomic E-state index is -4.37. The van der Waals surface area contributed by atoms with Crippen LogP contribution in [0, 0.1) is 11.0 Å². The Kier molecular flexibility index (Phi) is 10.3. The largest absolute Gasteiger partial charge is 0.783 e. The van der Waals surface area contributed by atoms with Crippen molar-refractivity contribution in [3.05, 3.63) is 63.6 Å². The zero-order valence-electron chi connectivity index (χ0n) is 21.6. The molecule has 7 nitrogen and oxygen atoms in total. The smallest absolute Gasteiger partial charge is 0.389 e. The van der Waals surface area contributed by atoms with Crippen molar-refractivity contribution in [2.75, 3.05) is 23.9 Å². The lowest BCUT2D eigenvalue weighted by molar-refractivity contribution is -0.135. The first kappa shape index (κ1) is 31.2. The van der Waals surface area contributed by atoms with Gasteiger partial charge in [0.25, 0.3) is 5.91 Å². The molecule has 0 aromatic heterocycles. The lowest BCUT2D eigenvalue weighted by Crippen LogP contribution is -2.48. The Morgan fingerprint density at radius 2 is 1.90 bits per heavy atom. The number of ether oxygens (including phenoxy) is 1. The van der Waals surface area contributed by atoms with E-state index in [0.29, 0.717) is 20.5 Å². The molecule has 0 saturated carbocycles. The molecular weight excluding hydrogens is 562 g/mol. The summed E-state index contributed by atoms with van der Waals surface area (Å²) in [5, 5.41) is 16.3. The molecule has 1 aliphatic rings. The summed E-state index contributed by atoms with van der Waals surface area (Å²) in [6.45, 7) is 4.62. The van der Waals surface area contributed by atoms with Gasteiger partial charge >= 0.3 is 6.18 Å². The number of hydroxylamine groups is 2. The monoisotopic (exact) mass is 590 g/mol. The van der Waals surface area contributed by atoms with Crippen molar-refractivity contribution in [1.82, 2.24) is 10.4 Å². The Morgan fingerprint density at radius 3 is 2.51 bits per heavy atom. The van der Waals surface area contributed by atoms with Crippen LogP contribution in [0.5, 0.6) is 0 Å². The van der Waals surface area contributed by atoms with Crippen molar-refractivity contribution in [3.8, 4) is 0 Å². The number of carbonyl (C=O) groups excluding carboxylic acids is 2. The van der Waals surface area contributed by atoms with E-state index in [0.717, 1.165) is 17.8 Å². The van der Waals surface area contributed by atoms with Gasteiger partial charge in [0.15, 0.2) is 0 Å². The highest BCUT2D eigenvalue weighted by Crippen LogP contribution is 2.38. The molecule has 1 atom stereocenters. The Labute approximate surface area is 233 Å². The topological polar surface area (TPSA) is 84.9 Å². The van der Waals surface area contributed by atoms with Gasteiger partial charge < -0.3 is 25.2 Å². The molecule has 214 valence electrons. The highest BCUT2D eigenvalue weighted by Gasteiger charge is 2.34. The van der Waals surface area contributed by atoms with Gasteiger partial charge in [0.05, 0.1) is 36.2 Å². The molecule has 2 aromatic carbocycles. The number of benzene rings is 2. The number of anilines is 1. The van der Waals surface area contributed by atoms with Crippen LogP contribution in [-0.4, -0.2) is 53.7 Å². The van der Waals surface area contributed by atoms with Crippen LogP contribution in [0.4, 0.5) is 23.2 Å². The van der Waals surface area contributed by atoms with Crippen LogP contribution in [0.1, 0.15) is 49.5 Å². The zero-order valence-corrected chi connectivity index (χ0v) is 23.2. The highest BCUT2D eigenvalue weighted by molar-refractivity contribution is 7.99. The van der Waals surface area contributed by atoms with Gasteiger partial charge in [0.1, 0.15) is 5.82 Å². The first-order valence-corrected chi connectivity index (χ1v) is 13.5. The number of carbonyl (C=O) groups is 2. The number of halogens is 5. The lowest BCUT2D eigenvalue weighted by atomic mass is 10.1. The molecule has 0 aliphatic carbocycles. The van der Waals surface area contributed by atoms with Crippen molar-refractivity contribution < 1.29 is 31.9 Å². The summed E-state index contributed by atoms with van der Waals surface area (Å²) >= 11 is 7.06. The SMILES string of the molecule is CC(C)(C)OCN([O-])[C@H]1CSc2cc(F)c(C(=O)NCCCC(F)(F)F)cc2N(Cc2ccc(Cl)cc2)C1=O. The Balaban J connectivity index is 1.92. The second-order valence-corrected chi connectivity index (χ2v) is 11.5. The van der Waals surface area contributed by atoms with Gasteiger partial charge in [-0.3, -0.25) is 9.59 Å². The van der Waals surface area contributed by atoms with Gasteiger partial charge in [0.2, 0.25) is 5.91 Å². The van der Waals surface area contributed by atoms with Crippen LogP contribution in [0.3, 0.4) is 0 Å². The van der Waals surface area contributed by atoms with Gasteiger partial charge in [-0.15, -0.1) is 11.8 Å². The Morgan fingerprint density at radius 1 is 1.23 bits per heavy atom. The molecule has 1 aliphatic heterocycles. The third-order valence-electron chi connectivity index (χ3n) is 5.68. The number of alkyl halides is 3. The van der Waals surface area contributed by atoms with E-state index in [1.54, 1.807) is 45.0 Å². The fraction of sp³-hybridized carbons (Fsp3) is 0.462. The van der Waals surface area contributed by atoms with Crippen LogP contribution in [0.2, 0.25) is 5.02 Å². The molecule has 0 saturated heterocycles. The maximum absolute atomic E-state index is 15.0. The van der Waals surface area contributed by atoms with E-state index in [1.807, 2.05) is 0 Å². The predicted molar refractivity (Wildman–Crippen MR) is 142 cm³/mol. The van der Waals surface area contributed by atoms with Gasteiger partial charge in [-0.05, 0) is 57.0 Å². The molecule has 39 heavy (non-hydrogen) atoms. The van der Waals surface area contributed by atoms with Crippen molar-refractivity contribution in [3.63, 3.8) is 0 Å². The van der Waals surface area contributed by atoms with Crippen LogP contribution >= 0.6 is 23.4 Å². The molecule has 0 unspecified atom stereocenters. The second kappa shape index (κ2) is 12.9. The van der Waals surface area contributed by atoms with Gasteiger partial charge in [0, 0.05) is 28.6 Å². The first-order valence-electron chi connectivity index (χ1n) is 12.1. The standard InChI is InChI=1S/C26H29ClF4N3O4S/c1-25(2,3)38-15-34(37)21-14-39-22-12-19(28)18(23(35)32-10-4-9-26(29,30)31)11-20(22)33(24(21)36)13-16-5-7-17(27)8-6-16/h5-8,11-12,21H,4,9-10,13-15H2,1-3H3,(H,32,35)/q-1/t21-/m0/s1. The highest BCUT2D eigenvalue weighted by atomic mass is 35.5. The van der Waals surface area contributed by atoms with E-state index in [-0.39, 0.29) is 37.7 Å². The quantitative estimate of drug-likeness (QED) is 0.164. The van der Waals surface area contributed by atoms with Crippen molar-refractivity contribution in [2.24, 2.45) is 0 Å². The third-order valence-corrected chi connectivity index (χ3v) is 7.05. The van der Waals surface area contributed by atoms with E-state index in [4.69, 9.17) is 16.3 Å². The van der Waals surface area contributed by atoms with E-state index in [1.165, 1.54) is 11.0 Å². The molecule has 2 aromatic rings. The van der Waals surface area contributed by atoms with Gasteiger partial charge in [-0.1, -0.05) is 23.7 Å². The maximum Gasteiger partial charge on any atom is 0.389 e. The van der Waals surface area contributed by atoms with Gasteiger partial charge in [-0.2, -0.15) is 13.2 Å². The molecular formula is C26H29ClF4N3O4S-. The summed E-state index contributed by atoms with van der Waals surface area (Å²) in [5.74, 6) is -2.39. The maximum atomic E-state index is 15.0. The Bertz CT molecular complexity index is 1180. The van der Waals surface area contributed by atoms with E-state index < -0.39 is 47.4 Å². The number of thioether (sulfide) groups is 1. The van der Waals surface area contributed by atoms with Gasteiger partial charge in [-0.25, -0.2) is 4.39 Å². The summed E-state index contributed by atoms with van der Waals surface area (Å²) < 4.78 is 57.8. The van der Waals surface area contributed by atoms with E-state index in [9.17, 15) is 32.4 Å². The summed E-state index contributed by atoms with van der Waals surface area (Å²) in [6.07, 6.45) is -5.83. The number of nitrogens with one attached hydrogen (secondary N) is 1. The number of rotatable bonds is 9. The fourth-order valence-electron chi connectivity index (χ4n) is 3.66. The molecule has 3 rings (SSSR count). The molecule has 13 heteroatoms. The van der Waals surface area contributed by atoms with Crippen molar-refractivity contribution >= 4 is 40.9 Å². The summed E-state index contributed by atoms with van der Waals surface area (Å²) in [4.78, 5) is 28.0. The number of fused-ring (bicyclic) bond motifs is 1. The van der Waals surface area contributed by atoms with Crippen LogP contribution in [0.15, 0.2) is 41.3 Å². The van der Waals surface area contributed by atoms with Crippen LogP contribution < -0.4 is 10.2 Å². The molecule has 0 radical (unpaired) electrons. The third kappa shape index (κ3) is 9.07. The number of nitrogens with zero attached hydrogens (tertiary/aromatic N) is 2. The van der Waals surface area contributed by atoms with Crippen LogP contribution in [-0.2, 0) is 16.1 Å². The number of amides is 2. The molecule has 0 spiro atoms.